The van der Waals surface area contributed by atoms with Gasteiger partial charge in [0.2, 0.25) is 0 Å². The third-order valence-corrected chi connectivity index (χ3v) is 5.73. The largest absolute Gasteiger partial charge is 0.501 e. The summed E-state index contributed by atoms with van der Waals surface area (Å²) in [4.78, 5) is 25.2. The Labute approximate surface area is 143 Å². The van der Waals surface area contributed by atoms with Crippen LogP contribution in [0.15, 0.2) is 24.3 Å². The maximum Gasteiger partial charge on any atom is 0.501 e. The lowest BCUT2D eigenvalue weighted by atomic mass is 10.0. The fraction of sp³-hybridized carbons (Fsp3) is 0.300. The van der Waals surface area contributed by atoms with Crippen LogP contribution in [0, 0.1) is 41.5 Å². The lowest BCUT2D eigenvalue weighted by molar-refractivity contribution is 0.104. The Morgan fingerprint density at radius 1 is 0.583 bits per heavy atom. The van der Waals surface area contributed by atoms with Crippen LogP contribution in [0.2, 0.25) is 0 Å². The fourth-order valence-electron chi connectivity index (χ4n) is 2.69. The number of rotatable bonds is 4. The molecule has 0 N–H and O–H groups in total. The first-order valence-corrected chi connectivity index (χ1v) is 9.11. The Morgan fingerprint density at radius 2 is 0.875 bits per heavy atom. The van der Waals surface area contributed by atoms with Crippen molar-refractivity contribution < 1.29 is 14.2 Å². The van der Waals surface area contributed by atoms with Crippen molar-refractivity contribution in [1.82, 2.24) is 0 Å². The number of aryl methyl sites for hydroxylation is 6. The van der Waals surface area contributed by atoms with E-state index in [0.29, 0.717) is 11.1 Å². The van der Waals surface area contributed by atoms with Crippen LogP contribution in [0.3, 0.4) is 0 Å². The van der Waals surface area contributed by atoms with Crippen molar-refractivity contribution in [3.63, 3.8) is 0 Å². The molecule has 3 nitrogen and oxygen atoms in total. The van der Waals surface area contributed by atoms with Crippen molar-refractivity contribution in [3.8, 4) is 0 Å². The van der Waals surface area contributed by atoms with E-state index < -0.39 is 18.8 Å². The van der Waals surface area contributed by atoms with E-state index >= 15 is 0 Å². The molecule has 124 valence electrons. The molecular weight excluding hydrogens is 319 g/mol. The van der Waals surface area contributed by atoms with Crippen LogP contribution in [0.1, 0.15) is 54.1 Å². The summed E-state index contributed by atoms with van der Waals surface area (Å²) in [6, 6.07) is 7.22. The predicted octanol–water partition coefficient (Wildman–Crippen LogP) is 5.35. The molecule has 0 aliphatic heterocycles. The van der Waals surface area contributed by atoms with Crippen LogP contribution < -0.4 is 0 Å². The minimum absolute atomic E-state index is 0.369. The van der Waals surface area contributed by atoms with Crippen molar-refractivity contribution in [3.05, 3.63) is 68.8 Å². The summed E-state index contributed by atoms with van der Waals surface area (Å²) in [5.41, 5.74) is 5.08. The molecule has 2 rings (SSSR count). The zero-order chi connectivity index (χ0) is 18.2. The highest BCUT2D eigenvalue weighted by Gasteiger charge is 2.41. The maximum atomic E-state index is 12.6. The SMILES string of the molecule is Cc1cc(C)c(C(=O)[P+](=O)C(=O)c2cc(C)c(C)cc2C)cc1C. The van der Waals surface area contributed by atoms with E-state index in [2.05, 4.69) is 0 Å². The molecule has 0 unspecified atom stereocenters. The van der Waals surface area contributed by atoms with Crippen LogP contribution >= 0.6 is 7.80 Å². The van der Waals surface area contributed by atoms with E-state index in [9.17, 15) is 14.2 Å². The number of hydrogen-bond acceptors (Lipinski definition) is 3. The molecule has 2 aromatic rings. The quantitative estimate of drug-likeness (QED) is 0.705. The smallest absolute Gasteiger partial charge is 0.234 e. The molecular formula is C20H22O3P+. The summed E-state index contributed by atoms with van der Waals surface area (Å²) in [6.07, 6.45) is 0. The predicted molar refractivity (Wildman–Crippen MR) is 97.6 cm³/mol. The van der Waals surface area contributed by atoms with E-state index in [-0.39, 0.29) is 0 Å². The lowest BCUT2D eigenvalue weighted by Gasteiger charge is -2.06. The van der Waals surface area contributed by atoms with E-state index in [4.69, 9.17) is 0 Å². The van der Waals surface area contributed by atoms with Gasteiger partial charge in [-0.1, -0.05) is 16.7 Å². The third-order valence-electron chi connectivity index (χ3n) is 4.51. The molecule has 0 aliphatic carbocycles. The van der Waals surface area contributed by atoms with Gasteiger partial charge in [0.25, 0.3) is 0 Å². The standard InChI is InChI=1S/C20H22O3P/c1-11-7-15(5)17(9-13(11)3)19(21)24(23)20(22)18-10-14(4)12(2)8-16(18)6/h7-10H,1-6H3/q+1. The van der Waals surface area contributed by atoms with Crippen LogP contribution in [0.25, 0.3) is 0 Å². The van der Waals surface area contributed by atoms with Gasteiger partial charge in [0.05, 0.1) is 11.1 Å². The van der Waals surface area contributed by atoms with E-state index in [0.717, 1.165) is 33.4 Å². The molecule has 0 radical (unpaired) electrons. The number of carbonyl (C=O) groups is 2. The second kappa shape index (κ2) is 6.78. The Hall–Kier alpha value is -2.12. The summed E-state index contributed by atoms with van der Waals surface area (Å²) < 4.78 is 12.6. The Bertz CT molecular complexity index is 807. The van der Waals surface area contributed by atoms with Crippen molar-refractivity contribution in [1.29, 1.82) is 0 Å². The van der Waals surface area contributed by atoms with Gasteiger partial charge in [0, 0.05) is 0 Å². The molecule has 0 atom stereocenters. The molecule has 0 saturated carbocycles. The minimum Gasteiger partial charge on any atom is -0.234 e. The molecule has 24 heavy (non-hydrogen) atoms. The summed E-state index contributed by atoms with van der Waals surface area (Å²) in [5.74, 6) is 0. The Balaban J connectivity index is 2.42. The van der Waals surface area contributed by atoms with Gasteiger partial charge in [-0.15, -0.1) is 0 Å². The summed E-state index contributed by atoms with van der Waals surface area (Å²) >= 11 is 0. The topological polar surface area (TPSA) is 51.2 Å². The van der Waals surface area contributed by atoms with Crippen LogP contribution in [-0.2, 0) is 4.57 Å². The van der Waals surface area contributed by atoms with Crippen LogP contribution in [-0.4, -0.2) is 11.0 Å². The normalized spacial score (nSPS) is 10.6. The molecule has 2 aromatic carbocycles. The van der Waals surface area contributed by atoms with Gasteiger partial charge in [-0.25, -0.2) is 9.59 Å². The first-order chi connectivity index (χ1) is 11.1. The second-order valence-electron chi connectivity index (χ2n) is 6.41. The van der Waals surface area contributed by atoms with E-state index in [1.165, 1.54) is 0 Å². The zero-order valence-corrected chi connectivity index (χ0v) is 15.9. The van der Waals surface area contributed by atoms with E-state index in [1.54, 1.807) is 26.0 Å². The van der Waals surface area contributed by atoms with Crippen molar-refractivity contribution in [2.24, 2.45) is 0 Å². The summed E-state index contributed by atoms with van der Waals surface area (Å²) in [5, 5.41) is 0. The van der Waals surface area contributed by atoms with Gasteiger partial charge in [-0.2, -0.15) is 0 Å². The summed E-state index contributed by atoms with van der Waals surface area (Å²) in [7, 11) is -2.66. The Kier molecular flexibility index (Phi) is 5.15. The molecule has 0 aliphatic rings. The molecule has 0 amide bonds. The van der Waals surface area contributed by atoms with Gasteiger partial charge >= 0.3 is 18.8 Å². The number of benzene rings is 2. The highest BCUT2D eigenvalue weighted by Crippen LogP contribution is 2.35. The molecule has 0 spiro atoms. The van der Waals surface area contributed by atoms with E-state index in [1.807, 2.05) is 39.8 Å². The fourth-order valence-corrected chi connectivity index (χ4v) is 3.80. The first kappa shape index (κ1) is 18.2. The van der Waals surface area contributed by atoms with Gasteiger partial charge in [-0.3, -0.25) is 0 Å². The second-order valence-corrected chi connectivity index (χ2v) is 7.81. The van der Waals surface area contributed by atoms with Crippen LogP contribution in [0.5, 0.6) is 0 Å². The van der Waals surface area contributed by atoms with Crippen LogP contribution in [0.4, 0.5) is 0 Å². The monoisotopic (exact) mass is 341 g/mol. The molecule has 0 saturated heterocycles. The molecule has 0 fully saturated rings. The highest BCUT2D eigenvalue weighted by atomic mass is 31.1. The van der Waals surface area contributed by atoms with Gasteiger partial charge < -0.3 is 0 Å². The highest BCUT2D eigenvalue weighted by molar-refractivity contribution is 7.80. The average Bonchev–Trinajstić information content (AvgIpc) is 2.52. The number of hydrogen-bond donors (Lipinski definition) is 0. The average molecular weight is 341 g/mol. The van der Waals surface area contributed by atoms with Gasteiger partial charge in [0.1, 0.15) is 0 Å². The zero-order valence-electron chi connectivity index (χ0n) is 15.0. The van der Waals surface area contributed by atoms with Crippen molar-refractivity contribution in [2.75, 3.05) is 0 Å². The van der Waals surface area contributed by atoms with Gasteiger partial charge in [-0.05, 0) is 87.1 Å². The molecule has 0 bridgehead atoms. The molecule has 0 aromatic heterocycles. The number of carbonyl (C=O) groups excluding carboxylic acids is 2. The molecule has 4 heteroatoms. The Morgan fingerprint density at radius 3 is 1.21 bits per heavy atom. The van der Waals surface area contributed by atoms with Gasteiger partial charge in [0.15, 0.2) is 0 Å². The molecule has 0 heterocycles. The maximum absolute atomic E-state index is 12.6. The first-order valence-electron chi connectivity index (χ1n) is 7.85. The van der Waals surface area contributed by atoms with Crippen molar-refractivity contribution >= 4 is 18.8 Å². The lowest BCUT2D eigenvalue weighted by Crippen LogP contribution is -2.06. The minimum atomic E-state index is -2.66. The summed E-state index contributed by atoms with van der Waals surface area (Å²) in [6.45, 7) is 11.3. The third kappa shape index (κ3) is 3.37. The van der Waals surface area contributed by atoms with Crippen molar-refractivity contribution in [2.45, 2.75) is 41.5 Å².